The van der Waals surface area contributed by atoms with Crippen LogP contribution in [0.3, 0.4) is 0 Å². The van der Waals surface area contributed by atoms with Gasteiger partial charge in [0.15, 0.2) is 0 Å². The number of hydrogen-bond acceptors (Lipinski definition) is 4. The number of rotatable bonds is 21. The highest BCUT2D eigenvalue weighted by Crippen LogP contribution is 2.10. The number of aliphatic carboxylic acids is 2. The van der Waals surface area contributed by atoms with Gasteiger partial charge in [-0.25, -0.2) is 0 Å². The van der Waals surface area contributed by atoms with Crippen LogP contribution in [-0.4, -0.2) is 35.2 Å². The molecule has 0 fully saturated rings. The lowest BCUT2D eigenvalue weighted by molar-refractivity contribution is -0.138. The molecule has 0 aromatic heterocycles. The van der Waals surface area contributed by atoms with Crippen LogP contribution in [0, 0.1) is 0 Å². The van der Waals surface area contributed by atoms with Gasteiger partial charge in [0.1, 0.15) is 0 Å². The summed E-state index contributed by atoms with van der Waals surface area (Å²) in [6.45, 7) is 1.72. The Kier molecular flexibility index (Phi) is 27.8. The third-order valence-electron chi connectivity index (χ3n) is 4.94. The van der Waals surface area contributed by atoms with E-state index in [1.54, 1.807) is 0 Å². The first-order valence-corrected chi connectivity index (χ1v) is 11.9. The zero-order valence-electron chi connectivity index (χ0n) is 18.7. The van der Waals surface area contributed by atoms with Crippen LogP contribution < -0.4 is 11.5 Å². The minimum absolute atomic E-state index is 0.276. The van der Waals surface area contributed by atoms with E-state index in [2.05, 4.69) is 0 Å². The third kappa shape index (κ3) is 34.7. The number of carboxylic acid groups (broad SMARTS) is 2. The van der Waals surface area contributed by atoms with Gasteiger partial charge in [0.2, 0.25) is 0 Å². The Morgan fingerprint density at radius 1 is 0.414 bits per heavy atom. The quantitative estimate of drug-likeness (QED) is 0.184. The summed E-state index contributed by atoms with van der Waals surface area (Å²) in [6.07, 6.45) is 20.5. The highest BCUT2D eigenvalue weighted by molar-refractivity contribution is 5.66. The molecule has 0 aliphatic heterocycles. The van der Waals surface area contributed by atoms with E-state index in [1.165, 1.54) is 57.8 Å². The molecule has 174 valence electrons. The average molecular weight is 417 g/mol. The molecule has 0 bridgehead atoms. The maximum Gasteiger partial charge on any atom is 0.303 e. The van der Waals surface area contributed by atoms with E-state index in [4.69, 9.17) is 21.7 Å². The van der Waals surface area contributed by atoms with Crippen LogP contribution in [0.15, 0.2) is 0 Å². The fourth-order valence-corrected chi connectivity index (χ4v) is 3.14. The summed E-state index contributed by atoms with van der Waals surface area (Å²) >= 11 is 0. The van der Waals surface area contributed by atoms with E-state index in [1.807, 2.05) is 0 Å². The van der Waals surface area contributed by atoms with E-state index in [-0.39, 0.29) is 12.8 Å². The molecular weight excluding hydrogens is 368 g/mol. The Balaban J connectivity index is 0. The second-order valence-corrected chi connectivity index (χ2v) is 7.88. The fourth-order valence-electron chi connectivity index (χ4n) is 3.14. The van der Waals surface area contributed by atoms with Crippen molar-refractivity contribution < 1.29 is 19.8 Å². The van der Waals surface area contributed by atoms with E-state index in [0.29, 0.717) is 0 Å². The summed E-state index contributed by atoms with van der Waals surface area (Å²) in [5, 5.41) is 16.8. The second kappa shape index (κ2) is 26.9. The van der Waals surface area contributed by atoms with Crippen LogP contribution in [0.5, 0.6) is 0 Å². The minimum atomic E-state index is -0.714. The van der Waals surface area contributed by atoms with Crippen LogP contribution in [0.25, 0.3) is 0 Å². The van der Waals surface area contributed by atoms with Crippen LogP contribution in [0.1, 0.15) is 122 Å². The molecule has 0 saturated carbocycles. The van der Waals surface area contributed by atoms with Gasteiger partial charge in [0.05, 0.1) is 0 Å². The summed E-state index contributed by atoms with van der Waals surface area (Å²) in [5.41, 5.74) is 10.8. The molecule has 0 aliphatic carbocycles. The minimum Gasteiger partial charge on any atom is -0.481 e. The molecule has 0 spiro atoms. The Labute approximate surface area is 178 Å². The second-order valence-electron chi connectivity index (χ2n) is 7.88. The van der Waals surface area contributed by atoms with Crippen molar-refractivity contribution in [3.8, 4) is 0 Å². The standard InChI is InChI=1S/C12H22O4.C11H26N2/c13-11(14)9-7-5-3-1-2-4-6-8-10-12(15)16;12-10-8-6-4-2-1-3-5-7-9-11-13/h1-10H2,(H,13,14)(H,15,16);1-13H2. The predicted octanol–water partition coefficient (Wildman–Crippen LogP) is 5.47. The predicted molar refractivity (Wildman–Crippen MR) is 121 cm³/mol. The molecule has 0 atom stereocenters. The number of carbonyl (C=O) groups is 2. The first-order chi connectivity index (χ1) is 14.0. The summed E-state index contributed by atoms with van der Waals surface area (Å²) in [6, 6.07) is 0. The monoisotopic (exact) mass is 416 g/mol. The number of unbranched alkanes of at least 4 members (excludes halogenated alkanes) is 15. The molecular formula is C23H48N2O4. The molecule has 0 heterocycles. The average Bonchev–Trinajstić information content (AvgIpc) is 2.68. The molecule has 0 rings (SSSR count). The Hall–Kier alpha value is -1.14. The molecule has 0 aliphatic rings. The molecule has 0 radical (unpaired) electrons. The lowest BCUT2D eigenvalue weighted by Crippen LogP contribution is -1.98. The molecule has 0 aromatic rings. The molecule has 0 aromatic carbocycles. The van der Waals surface area contributed by atoms with E-state index in [9.17, 15) is 9.59 Å². The maximum atomic E-state index is 10.2. The Morgan fingerprint density at radius 2 is 0.621 bits per heavy atom. The van der Waals surface area contributed by atoms with E-state index in [0.717, 1.165) is 64.5 Å². The van der Waals surface area contributed by atoms with Crippen molar-refractivity contribution >= 4 is 11.9 Å². The summed E-state index contributed by atoms with van der Waals surface area (Å²) < 4.78 is 0. The van der Waals surface area contributed by atoms with Gasteiger partial charge in [0.25, 0.3) is 0 Å². The number of carboxylic acids is 2. The SMILES string of the molecule is NCCCCCCCCCCCN.O=C(O)CCCCCCCCCCC(=O)O. The van der Waals surface area contributed by atoms with Gasteiger partial charge in [-0.05, 0) is 38.8 Å². The lowest BCUT2D eigenvalue weighted by atomic mass is 10.1. The van der Waals surface area contributed by atoms with E-state index < -0.39 is 11.9 Å². The molecule has 6 nitrogen and oxygen atoms in total. The van der Waals surface area contributed by atoms with Crippen molar-refractivity contribution in [1.82, 2.24) is 0 Å². The molecule has 0 saturated heterocycles. The molecule has 29 heavy (non-hydrogen) atoms. The van der Waals surface area contributed by atoms with Crippen molar-refractivity contribution in [2.24, 2.45) is 11.5 Å². The van der Waals surface area contributed by atoms with Crippen molar-refractivity contribution in [3.63, 3.8) is 0 Å². The van der Waals surface area contributed by atoms with Gasteiger partial charge in [-0.3, -0.25) is 9.59 Å². The van der Waals surface area contributed by atoms with Crippen molar-refractivity contribution in [1.29, 1.82) is 0 Å². The maximum absolute atomic E-state index is 10.2. The molecule has 6 heteroatoms. The molecule has 0 amide bonds. The molecule has 0 unspecified atom stereocenters. The smallest absolute Gasteiger partial charge is 0.303 e. The number of nitrogens with two attached hydrogens (primary N) is 2. The van der Waals surface area contributed by atoms with Crippen LogP contribution in [0.4, 0.5) is 0 Å². The van der Waals surface area contributed by atoms with Crippen LogP contribution in [0.2, 0.25) is 0 Å². The summed E-state index contributed by atoms with van der Waals surface area (Å²) in [7, 11) is 0. The van der Waals surface area contributed by atoms with Gasteiger partial charge in [-0.15, -0.1) is 0 Å². The summed E-state index contributed by atoms with van der Waals surface area (Å²) in [5.74, 6) is -1.43. The Bertz CT molecular complexity index is 320. The lowest BCUT2D eigenvalue weighted by Gasteiger charge is -2.00. The largest absolute Gasteiger partial charge is 0.481 e. The third-order valence-corrected chi connectivity index (χ3v) is 4.94. The van der Waals surface area contributed by atoms with Crippen LogP contribution >= 0.6 is 0 Å². The number of hydrogen-bond donors (Lipinski definition) is 4. The van der Waals surface area contributed by atoms with Crippen molar-refractivity contribution in [2.45, 2.75) is 122 Å². The van der Waals surface area contributed by atoms with Gasteiger partial charge < -0.3 is 21.7 Å². The van der Waals surface area contributed by atoms with Gasteiger partial charge in [-0.1, -0.05) is 83.5 Å². The molecule has 6 N–H and O–H groups in total. The van der Waals surface area contributed by atoms with Crippen molar-refractivity contribution in [2.75, 3.05) is 13.1 Å². The van der Waals surface area contributed by atoms with Crippen molar-refractivity contribution in [3.05, 3.63) is 0 Å². The van der Waals surface area contributed by atoms with Crippen LogP contribution in [-0.2, 0) is 9.59 Å². The Morgan fingerprint density at radius 3 is 0.828 bits per heavy atom. The van der Waals surface area contributed by atoms with Gasteiger partial charge >= 0.3 is 11.9 Å². The van der Waals surface area contributed by atoms with Gasteiger partial charge in [0, 0.05) is 12.8 Å². The highest BCUT2D eigenvalue weighted by Gasteiger charge is 1.98. The normalized spacial score (nSPS) is 10.4. The van der Waals surface area contributed by atoms with Gasteiger partial charge in [-0.2, -0.15) is 0 Å². The first kappa shape index (κ1) is 30.1. The van der Waals surface area contributed by atoms with E-state index >= 15 is 0 Å². The highest BCUT2D eigenvalue weighted by atomic mass is 16.4. The first-order valence-electron chi connectivity index (χ1n) is 11.9. The topological polar surface area (TPSA) is 127 Å². The fraction of sp³-hybridized carbons (Fsp3) is 0.913. The summed E-state index contributed by atoms with van der Waals surface area (Å²) in [4.78, 5) is 20.4. The zero-order valence-corrected chi connectivity index (χ0v) is 18.7. The zero-order chi connectivity index (χ0) is 22.0.